The summed E-state index contributed by atoms with van der Waals surface area (Å²) in [6.07, 6.45) is 9.59. The van der Waals surface area contributed by atoms with Gasteiger partial charge in [0.2, 0.25) is 0 Å². The Labute approximate surface area is 318 Å². The van der Waals surface area contributed by atoms with Crippen molar-refractivity contribution in [3.05, 3.63) is 0 Å². The minimum Gasteiger partial charge on any atom is -0.371 e. The number of rotatable bonds is 4. The monoisotopic (exact) mass is 743 g/mol. The second-order valence-electron chi connectivity index (χ2n) is 21.7. The number of carbonyl (C=O) groups is 1. The third kappa shape index (κ3) is 5.99. The Morgan fingerprint density at radius 2 is 1.17 bits per heavy atom. The van der Waals surface area contributed by atoms with Crippen LogP contribution in [0.25, 0.3) is 0 Å². The molecule has 0 unspecified atom stereocenters. The van der Waals surface area contributed by atoms with Crippen molar-refractivity contribution >= 4 is 11.8 Å². The molecule has 10 nitrogen and oxygen atoms in total. The summed E-state index contributed by atoms with van der Waals surface area (Å²) < 4.78 is 14.7. The third-order valence-electron chi connectivity index (χ3n) is 16.0. The Balaban J connectivity index is 1.16. The van der Waals surface area contributed by atoms with E-state index in [0.717, 1.165) is 63.5 Å². The zero-order valence-electron chi connectivity index (χ0n) is 34.9. The van der Waals surface area contributed by atoms with Crippen LogP contribution in [0.5, 0.6) is 0 Å². The van der Waals surface area contributed by atoms with Crippen LogP contribution in [0, 0.1) is 47.3 Å². The number of fused-ring (bicyclic) bond motifs is 4. The van der Waals surface area contributed by atoms with Gasteiger partial charge in [0.1, 0.15) is 28.5 Å². The molecule has 10 rings (SSSR count). The normalized spacial score (nSPS) is 50.8. The number of carbonyl (C=O) groups excluding carboxylic acids is 1. The Morgan fingerprint density at radius 3 is 1.68 bits per heavy atom. The van der Waals surface area contributed by atoms with E-state index >= 15 is 0 Å². The summed E-state index contributed by atoms with van der Waals surface area (Å²) in [5, 5.41) is 4.90. The molecule has 1 amide bonds. The summed E-state index contributed by atoms with van der Waals surface area (Å²) in [5.74, 6) is 2.66. The topological polar surface area (TPSA) is 97.3 Å². The van der Waals surface area contributed by atoms with E-state index in [4.69, 9.17) is 39.0 Å². The fourth-order valence-electron chi connectivity index (χ4n) is 13.7. The molecule has 6 heterocycles. The van der Waals surface area contributed by atoms with Gasteiger partial charge in [0.15, 0.2) is 0 Å². The van der Waals surface area contributed by atoms with Gasteiger partial charge in [-0.3, -0.25) is 9.74 Å². The molecule has 6 saturated heterocycles. The van der Waals surface area contributed by atoms with E-state index in [9.17, 15) is 4.79 Å². The molecule has 16 atom stereocenters. The smallest absolute Gasteiger partial charge is 0.371 e. The number of hydrogen-bond donors (Lipinski definition) is 0. The van der Waals surface area contributed by atoms with Gasteiger partial charge in [-0.15, -0.1) is 0 Å². The Hall–Kier alpha value is -1.30. The van der Waals surface area contributed by atoms with E-state index < -0.39 is 34.0 Å². The second-order valence-corrected chi connectivity index (χ2v) is 21.7. The van der Waals surface area contributed by atoms with Crippen molar-refractivity contribution < 1.29 is 38.7 Å². The minimum absolute atomic E-state index is 0.0691. The van der Waals surface area contributed by atoms with Gasteiger partial charge in [-0.05, 0) is 154 Å². The quantitative estimate of drug-likeness (QED) is 0.122. The molecule has 10 fully saturated rings. The van der Waals surface area contributed by atoms with E-state index in [2.05, 4.69) is 41.5 Å². The lowest BCUT2D eigenvalue weighted by Crippen LogP contribution is -2.71. The van der Waals surface area contributed by atoms with Gasteiger partial charge in [-0.2, -0.15) is 0 Å². The highest BCUT2D eigenvalue weighted by molar-refractivity contribution is 5.90. The van der Waals surface area contributed by atoms with Crippen molar-refractivity contribution in [2.24, 2.45) is 52.5 Å². The zero-order valence-corrected chi connectivity index (χ0v) is 34.9. The summed E-state index contributed by atoms with van der Waals surface area (Å²) in [6.45, 7) is 26.0. The molecule has 6 aliphatic heterocycles. The van der Waals surface area contributed by atoms with Crippen LogP contribution in [0.15, 0.2) is 5.16 Å². The van der Waals surface area contributed by atoms with E-state index in [1.165, 1.54) is 6.42 Å². The molecule has 0 aromatic heterocycles. The van der Waals surface area contributed by atoms with Crippen LogP contribution < -0.4 is 0 Å². The lowest BCUT2D eigenvalue weighted by molar-refractivity contribution is -0.487. The Kier molecular flexibility index (Phi) is 9.35. The van der Waals surface area contributed by atoms with Crippen molar-refractivity contribution in [3.8, 4) is 0 Å². The average Bonchev–Trinajstić information content (AvgIpc) is 3.43. The predicted octanol–water partition coefficient (Wildman–Crippen LogP) is 9.19. The van der Waals surface area contributed by atoms with Gasteiger partial charge in [-0.1, -0.05) is 32.9 Å². The second kappa shape index (κ2) is 12.9. The molecule has 10 aliphatic rings. The summed E-state index contributed by atoms with van der Waals surface area (Å²) in [5.41, 5.74) is -1.84. The molecule has 0 N–H and O–H groups in total. The van der Waals surface area contributed by atoms with Crippen molar-refractivity contribution in [3.63, 3.8) is 0 Å². The summed E-state index contributed by atoms with van der Waals surface area (Å²) in [4.78, 5) is 47.8. The zero-order chi connectivity index (χ0) is 38.1. The first kappa shape index (κ1) is 38.6. The molecular formula is C43H70N2O8. The molecule has 53 heavy (non-hydrogen) atoms. The molecule has 4 saturated carbocycles. The number of amides is 1. The lowest BCUT2D eigenvalue weighted by Gasteiger charge is -2.62. The Morgan fingerprint density at radius 1 is 0.679 bits per heavy atom. The number of nitrogens with zero attached hydrogens (tertiary/aromatic N) is 2. The fraction of sp³-hybridized carbons (Fsp3) is 0.953. The van der Waals surface area contributed by atoms with Crippen LogP contribution in [0.1, 0.15) is 154 Å². The van der Waals surface area contributed by atoms with Crippen molar-refractivity contribution in [2.45, 2.75) is 212 Å². The number of oxime groups is 1. The van der Waals surface area contributed by atoms with Crippen LogP contribution in [-0.4, -0.2) is 74.6 Å². The average molecular weight is 743 g/mol. The van der Waals surface area contributed by atoms with Crippen LogP contribution in [0.3, 0.4) is 0 Å². The van der Waals surface area contributed by atoms with Crippen LogP contribution >= 0.6 is 0 Å². The van der Waals surface area contributed by atoms with Gasteiger partial charge in [0, 0.05) is 30.3 Å². The van der Waals surface area contributed by atoms with Crippen LogP contribution in [0.4, 0.5) is 4.79 Å². The van der Waals surface area contributed by atoms with Gasteiger partial charge >= 0.3 is 6.09 Å². The SMILES string of the molecule is C[C@H]1[C@@H](/C(C[C@H]2O[C@@H]3C[C@@]4(C)CC[C@H]5[C@H](C)CC[C@@H]([C@H]2C)[C@@]35OO4)=N\OC(=O)N(C(C)(C)C)C(C)(C)C)O[C@@H]2C[C@@]3(C)CC[C@H]4[C@H](C)CC[C@@H]1[C@@]24OO3. The van der Waals surface area contributed by atoms with Crippen molar-refractivity contribution in [1.29, 1.82) is 0 Å². The standard InChI is InChI=1S/C43H70N2O8/c1-24-13-15-30-26(3)33(47-34-22-40(11)19-17-28(24)42(30,34)52-50-40)21-32(44-49-37(46)45(38(5,6)7)39(8,9)10)36-27(4)31-16-14-25(2)29-18-20-41(12)23-35(48-36)43(29,31)53-51-41/h24-31,33-36H,13-23H2,1-12H3/b44-32-/t24-,25-,26-,27-,28+,29+,30+,31+,33-,34-,35-,36+,40-,41-,42-,43-/m1/s1. The largest absolute Gasteiger partial charge is 0.436 e. The van der Waals surface area contributed by atoms with Gasteiger partial charge in [0.05, 0.1) is 24.0 Å². The van der Waals surface area contributed by atoms with Crippen LogP contribution in [-0.2, 0) is 33.9 Å². The van der Waals surface area contributed by atoms with E-state index in [1.54, 1.807) is 4.90 Å². The Bertz CT molecular complexity index is 1440. The van der Waals surface area contributed by atoms with Crippen molar-refractivity contribution in [1.82, 2.24) is 4.90 Å². The molecule has 0 radical (unpaired) electrons. The van der Waals surface area contributed by atoms with E-state index in [0.29, 0.717) is 36.0 Å². The molecular weight excluding hydrogens is 672 g/mol. The van der Waals surface area contributed by atoms with Crippen molar-refractivity contribution in [2.75, 3.05) is 0 Å². The van der Waals surface area contributed by atoms with E-state index in [1.807, 2.05) is 41.5 Å². The van der Waals surface area contributed by atoms with Gasteiger partial charge in [0.25, 0.3) is 0 Å². The molecule has 0 aromatic carbocycles. The maximum atomic E-state index is 14.1. The van der Waals surface area contributed by atoms with E-state index in [-0.39, 0.29) is 47.8 Å². The third-order valence-corrected chi connectivity index (χ3v) is 16.0. The summed E-state index contributed by atoms with van der Waals surface area (Å²) in [6, 6.07) is 0. The van der Waals surface area contributed by atoms with Gasteiger partial charge < -0.3 is 9.47 Å². The van der Waals surface area contributed by atoms with Crippen LogP contribution in [0.2, 0.25) is 0 Å². The number of ether oxygens (including phenoxy) is 2. The number of hydrogen-bond acceptors (Lipinski definition) is 9. The molecule has 4 bridgehead atoms. The molecule has 300 valence electrons. The predicted molar refractivity (Wildman–Crippen MR) is 201 cm³/mol. The highest BCUT2D eigenvalue weighted by Crippen LogP contribution is 2.64. The summed E-state index contributed by atoms with van der Waals surface area (Å²) >= 11 is 0. The molecule has 10 heteroatoms. The molecule has 2 spiro atoms. The highest BCUT2D eigenvalue weighted by atomic mass is 17.2. The highest BCUT2D eigenvalue weighted by Gasteiger charge is 2.70. The lowest BCUT2D eigenvalue weighted by atomic mass is 9.55. The maximum Gasteiger partial charge on any atom is 0.436 e. The summed E-state index contributed by atoms with van der Waals surface area (Å²) in [7, 11) is 0. The molecule has 4 aliphatic carbocycles. The first-order chi connectivity index (χ1) is 24.7. The molecule has 0 aromatic rings. The maximum absolute atomic E-state index is 14.1. The fourth-order valence-corrected chi connectivity index (χ4v) is 13.7. The first-order valence-electron chi connectivity index (χ1n) is 21.4. The first-order valence-corrected chi connectivity index (χ1v) is 21.4. The minimum atomic E-state index is -0.484. The van der Waals surface area contributed by atoms with Gasteiger partial charge in [-0.25, -0.2) is 24.3 Å².